The van der Waals surface area contributed by atoms with Crippen LogP contribution >= 0.6 is 11.6 Å². The minimum absolute atomic E-state index is 0.184. The van der Waals surface area contributed by atoms with Crippen LogP contribution in [-0.2, 0) is 10.0 Å². The lowest BCUT2D eigenvalue weighted by molar-refractivity contribution is 0.371. The number of pyridine rings is 1. The summed E-state index contributed by atoms with van der Waals surface area (Å²) in [6.45, 7) is 2.00. The van der Waals surface area contributed by atoms with Crippen molar-refractivity contribution in [1.82, 2.24) is 9.40 Å². The van der Waals surface area contributed by atoms with Gasteiger partial charge in [0.15, 0.2) is 0 Å². The predicted molar refractivity (Wildman–Crippen MR) is 127 cm³/mol. The molecule has 0 bridgehead atoms. The number of hydrazone groups is 1. The average Bonchev–Trinajstić information content (AvgIpc) is 3.25. The summed E-state index contributed by atoms with van der Waals surface area (Å²) in [5, 5.41) is 5.78. The number of aromatic nitrogens is 1. The molecule has 160 valence electrons. The summed E-state index contributed by atoms with van der Waals surface area (Å²) in [5.74, 6) is 0. The molecule has 2 heterocycles. The molecule has 7 heteroatoms. The van der Waals surface area contributed by atoms with Gasteiger partial charge in [-0.3, -0.25) is 0 Å². The minimum atomic E-state index is -3.90. The molecule has 1 atom stereocenters. The fourth-order valence-corrected chi connectivity index (χ4v) is 5.70. The summed E-state index contributed by atoms with van der Waals surface area (Å²) in [4.78, 5) is 4.70. The molecule has 1 unspecified atom stereocenters. The van der Waals surface area contributed by atoms with Crippen LogP contribution in [0.15, 0.2) is 94.9 Å². The summed E-state index contributed by atoms with van der Waals surface area (Å²) >= 11 is 6.58. The Kier molecular flexibility index (Phi) is 5.19. The molecule has 0 fully saturated rings. The van der Waals surface area contributed by atoms with Gasteiger partial charge in [0.25, 0.3) is 10.0 Å². The van der Waals surface area contributed by atoms with Gasteiger partial charge in [-0.15, -0.1) is 0 Å². The third kappa shape index (κ3) is 3.66. The molecule has 0 radical (unpaired) electrons. The van der Waals surface area contributed by atoms with Crippen molar-refractivity contribution in [2.45, 2.75) is 24.3 Å². The van der Waals surface area contributed by atoms with Gasteiger partial charge in [0.1, 0.15) is 5.15 Å². The zero-order valence-electron chi connectivity index (χ0n) is 17.3. The van der Waals surface area contributed by atoms with Gasteiger partial charge in [-0.1, -0.05) is 77.8 Å². The Morgan fingerprint density at radius 1 is 0.938 bits per heavy atom. The van der Waals surface area contributed by atoms with E-state index in [1.807, 2.05) is 61.5 Å². The van der Waals surface area contributed by atoms with Gasteiger partial charge in [-0.2, -0.15) is 17.9 Å². The zero-order chi connectivity index (χ0) is 22.3. The number of para-hydroxylation sites is 1. The Bertz CT molecular complexity index is 1450. The number of aryl methyl sites for hydroxylation is 1. The third-order valence-corrected chi connectivity index (χ3v) is 7.57. The second kappa shape index (κ2) is 8.04. The van der Waals surface area contributed by atoms with Crippen LogP contribution in [0.5, 0.6) is 0 Å². The maximum Gasteiger partial charge on any atom is 0.279 e. The Morgan fingerprint density at radius 3 is 2.47 bits per heavy atom. The van der Waals surface area contributed by atoms with Crippen LogP contribution in [0.3, 0.4) is 0 Å². The molecule has 3 aromatic carbocycles. The van der Waals surface area contributed by atoms with Gasteiger partial charge in [0.2, 0.25) is 0 Å². The quantitative estimate of drug-likeness (QED) is 0.364. The lowest BCUT2D eigenvalue weighted by atomic mass is 9.98. The molecule has 5 nitrogen and oxygen atoms in total. The van der Waals surface area contributed by atoms with Crippen LogP contribution in [0.2, 0.25) is 5.15 Å². The first-order chi connectivity index (χ1) is 15.4. The number of sulfonamides is 1. The summed E-state index contributed by atoms with van der Waals surface area (Å²) in [5.41, 5.74) is 4.07. The molecule has 32 heavy (non-hydrogen) atoms. The van der Waals surface area contributed by atoms with E-state index < -0.39 is 16.1 Å². The van der Waals surface area contributed by atoms with Crippen LogP contribution in [0.4, 0.5) is 0 Å². The average molecular weight is 462 g/mol. The molecule has 0 saturated carbocycles. The summed E-state index contributed by atoms with van der Waals surface area (Å²) in [6.07, 6.45) is 0.398. The van der Waals surface area contributed by atoms with Crippen LogP contribution in [0, 0.1) is 6.92 Å². The van der Waals surface area contributed by atoms with Crippen molar-refractivity contribution in [3.63, 3.8) is 0 Å². The maximum absolute atomic E-state index is 13.6. The Hall–Kier alpha value is -3.22. The molecule has 0 N–H and O–H groups in total. The van der Waals surface area contributed by atoms with Crippen molar-refractivity contribution in [3.8, 4) is 0 Å². The van der Waals surface area contributed by atoms with Crippen LogP contribution < -0.4 is 0 Å². The first kappa shape index (κ1) is 20.7. The number of nitrogens with zero attached hydrogens (tertiary/aromatic N) is 3. The molecular formula is C25H20ClN3O2S. The molecule has 0 saturated heterocycles. The van der Waals surface area contributed by atoms with Crippen molar-refractivity contribution in [2.75, 3.05) is 0 Å². The highest BCUT2D eigenvalue weighted by atomic mass is 35.5. The highest BCUT2D eigenvalue weighted by Crippen LogP contribution is 2.40. The number of benzene rings is 3. The molecule has 1 aromatic heterocycles. The highest BCUT2D eigenvalue weighted by molar-refractivity contribution is 7.89. The molecule has 1 aliphatic heterocycles. The van der Waals surface area contributed by atoms with Gasteiger partial charge in [-0.25, -0.2) is 4.98 Å². The summed E-state index contributed by atoms with van der Waals surface area (Å²) < 4.78 is 28.4. The normalized spacial score (nSPS) is 16.4. The van der Waals surface area contributed by atoms with E-state index in [0.717, 1.165) is 22.0 Å². The van der Waals surface area contributed by atoms with Gasteiger partial charge in [-0.05, 0) is 36.8 Å². The van der Waals surface area contributed by atoms with Crippen molar-refractivity contribution in [2.24, 2.45) is 5.10 Å². The van der Waals surface area contributed by atoms with E-state index in [2.05, 4.69) is 10.1 Å². The predicted octanol–water partition coefficient (Wildman–Crippen LogP) is 5.74. The minimum Gasteiger partial charge on any atom is -0.236 e. The van der Waals surface area contributed by atoms with Crippen molar-refractivity contribution in [1.29, 1.82) is 0 Å². The van der Waals surface area contributed by atoms with Crippen molar-refractivity contribution >= 4 is 38.2 Å². The molecular weight excluding hydrogens is 442 g/mol. The Balaban J connectivity index is 1.66. The first-order valence-corrected chi connectivity index (χ1v) is 12.0. The lowest BCUT2D eigenvalue weighted by Crippen LogP contribution is -2.27. The fourth-order valence-electron chi connectivity index (χ4n) is 3.98. The third-order valence-electron chi connectivity index (χ3n) is 5.57. The Morgan fingerprint density at radius 2 is 1.69 bits per heavy atom. The second-order valence-electron chi connectivity index (χ2n) is 7.79. The summed E-state index contributed by atoms with van der Waals surface area (Å²) in [7, 11) is -3.90. The molecule has 4 aromatic rings. The smallest absolute Gasteiger partial charge is 0.236 e. The standard InChI is InChI=1S/C25H20ClN3O2S/c1-17-8-7-10-18(14-17)23-16-24(21-15-19-9-5-6-13-22(19)27-25(21)26)29(28-23)32(30,31)20-11-3-2-4-12-20/h2-15,24H,16H2,1H3. The van der Waals surface area contributed by atoms with E-state index in [0.29, 0.717) is 17.7 Å². The SMILES string of the molecule is Cc1cccc(C2=NN(S(=O)(=O)c3ccccc3)C(c3cc4ccccc4nc3Cl)C2)c1. The van der Waals surface area contributed by atoms with Crippen molar-refractivity contribution in [3.05, 3.63) is 107 Å². The van der Waals surface area contributed by atoms with Crippen LogP contribution in [0.25, 0.3) is 10.9 Å². The van der Waals surface area contributed by atoms with Gasteiger partial charge in [0, 0.05) is 17.4 Å². The highest BCUT2D eigenvalue weighted by Gasteiger charge is 2.39. The van der Waals surface area contributed by atoms with Gasteiger partial charge >= 0.3 is 0 Å². The van der Waals surface area contributed by atoms with Crippen molar-refractivity contribution < 1.29 is 8.42 Å². The topological polar surface area (TPSA) is 62.6 Å². The largest absolute Gasteiger partial charge is 0.279 e. The lowest BCUT2D eigenvalue weighted by Gasteiger charge is -2.24. The molecule has 1 aliphatic rings. The van der Waals surface area contributed by atoms with E-state index in [1.165, 1.54) is 4.41 Å². The number of halogens is 1. The number of rotatable bonds is 4. The summed E-state index contributed by atoms with van der Waals surface area (Å²) in [6, 6.07) is 25.2. The fraction of sp³-hybridized carbons (Fsp3) is 0.120. The van der Waals surface area contributed by atoms with E-state index in [-0.39, 0.29) is 10.0 Å². The Labute approximate surface area is 192 Å². The van der Waals surface area contributed by atoms with E-state index >= 15 is 0 Å². The van der Waals surface area contributed by atoms with Gasteiger partial charge in [0.05, 0.1) is 22.2 Å². The monoisotopic (exact) mass is 461 g/mol. The molecule has 0 aliphatic carbocycles. The number of hydrogen-bond donors (Lipinski definition) is 0. The van der Waals surface area contributed by atoms with Gasteiger partial charge < -0.3 is 0 Å². The zero-order valence-corrected chi connectivity index (χ0v) is 18.9. The van der Waals surface area contributed by atoms with Crippen LogP contribution in [0.1, 0.15) is 29.2 Å². The van der Waals surface area contributed by atoms with E-state index in [4.69, 9.17) is 11.6 Å². The molecule has 0 amide bonds. The first-order valence-electron chi connectivity index (χ1n) is 10.2. The number of hydrogen-bond acceptors (Lipinski definition) is 4. The molecule has 5 rings (SSSR count). The molecule has 0 spiro atoms. The number of fused-ring (bicyclic) bond motifs is 1. The maximum atomic E-state index is 13.6. The van der Waals surface area contributed by atoms with E-state index in [1.54, 1.807) is 30.3 Å². The van der Waals surface area contributed by atoms with E-state index in [9.17, 15) is 8.42 Å². The van der Waals surface area contributed by atoms with Crippen LogP contribution in [-0.4, -0.2) is 23.5 Å². The second-order valence-corrected chi connectivity index (χ2v) is 9.94.